The van der Waals surface area contributed by atoms with Crippen molar-refractivity contribution >= 4 is 5.96 Å². The Bertz CT molecular complexity index is 488. The first-order valence-corrected chi connectivity index (χ1v) is 13.9. The van der Waals surface area contributed by atoms with Crippen LogP contribution in [0.2, 0.25) is 0 Å². The molecule has 0 saturated carbocycles. The summed E-state index contributed by atoms with van der Waals surface area (Å²) in [6.45, 7) is 4.61. The Morgan fingerprint density at radius 3 is 1.87 bits per heavy atom. The van der Waals surface area contributed by atoms with E-state index in [9.17, 15) is 0 Å². The van der Waals surface area contributed by atoms with Crippen molar-refractivity contribution in [2.45, 2.75) is 166 Å². The van der Waals surface area contributed by atoms with Gasteiger partial charge < -0.3 is 10.2 Å². The van der Waals surface area contributed by atoms with Gasteiger partial charge >= 0.3 is 0 Å². The van der Waals surface area contributed by atoms with Crippen LogP contribution in [0.15, 0.2) is 4.99 Å². The number of guanidine groups is 1. The van der Waals surface area contributed by atoms with Gasteiger partial charge in [-0.2, -0.15) is 0 Å². The summed E-state index contributed by atoms with van der Waals surface area (Å²) in [7, 11) is 0. The topological polar surface area (TPSA) is 27.6 Å². The van der Waals surface area contributed by atoms with Crippen LogP contribution in [0.1, 0.15) is 142 Å². The van der Waals surface area contributed by atoms with E-state index >= 15 is 0 Å². The van der Waals surface area contributed by atoms with E-state index in [-0.39, 0.29) is 0 Å². The number of aliphatic imine (C=N–C) groups is 1. The summed E-state index contributed by atoms with van der Waals surface area (Å²) < 4.78 is 0. The smallest absolute Gasteiger partial charge is 0.194 e. The molecular weight excluding hydrogens is 366 g/mol. The molecule has 3 heteroatoms. The van der Waals surface area contributed by atoms with E-state index in [4.69, 9.17) is 4.99 Å². The summed E-state index contributed by atoms with van der Waals surface area (Å²) in [5.74, 6) is 1.29. The molecule has 0 aliphatic carbocycles. The van der Waals surface area contributed by atoms with Gasteiger partial charge in [0, 0.05) is 18.1 Å². The van der Waals surface area contributed by atoms with Crippen LogP contribution in [0.5, 0.6) is 0 Å². The van der Waals surface area contributed by atoms with E-state index in [2.05, 4.69) is 24.1 Å². The van der Waals surface area contributed by atoms with E-state index in [1.54, 1.807) is 0 Å². The Balaban J connectivity index is 1.37. The highest BCUT2D eigenvalue weighted by Crippen LogP contribution is 2.37. The zero-order valence-corrected chi connectivity index (χ0v) is 20.3. The number of hydrogen-bond donors (Lipinski definition) is 1. The van der Waals surface area contributed by atoms with Crippen molar-refractivity contribution in [1.82, 2.24) is 10.2 Å². The maximum absolute atomic E-state index is 5.25. The van der Waals surface area contributed by atoms with E-state index < -0.39 is 0 Å². The summed E-state index contributed by atoms with van der Waals surface area (Å²) in [4.78, 5) is 7.95. The van der Waals surface area contributed by atoms with Gasteiger partial charge in [0.05, 0.1) is 6.04 Å². The predicted molar refractivity (Wildman–Crippen MR) is 131 cm³/mol. The fourth-order valence-electron chi connectivity index (χ4n) is 6.12. The van der Waals surface area contributed by atoms with Crippen molar-refractivity contribution in [3.63, 3.8) is 0 Å². The standard InChI is InChI=1S/C27H51N3/c1-3-5-7-9-11-13-15-17-23-21-25-19-20-26-22-24(29-27(28-23)30(25)26)18-16-14-12-10-8-6-4-2/h23-26H,3-22H2,1-2H3,(H,28,29)/t23-,24+,25+,26-. The molecule has 30 heavy (non-hydrogen) atoms. The number of rotatable bonds is 16. The summed E-state index contributed by atoms with van der Waals surface area (Å²) in [6.07, 6.45) is 27.9. The molecular formula is C27H51N3. The maximum atomic E-state index is 5.25. The highest BCUT2D eigenvalue weighted by Gasteiger charge is 2.43. The van der Waals surface area contributed by atoms with Crippen LogP contribution in [0.3, 0.4) is 0 Å². The van der Waals surface area contributed by atoms with Crippen LogP contribution in [0.25, 0.3) is 0 Å². The molecule has 0 bridgehead atoms. The van der Waals surface area contributed by atoms with Crippen LogP contribution < -0.4 is 5.32 Å². The first-order valence-electron chi connectivity index (χ1n) is 13.9. The quantitative estimate of drug-likeness (QED) is 0.262. The lowest BCUT2D eigenvalue weighted by molar-refractivity contribution is 0.201. The first kappa shape index (κ1) is 23.9. The van der Waals surface area contributed by atoms with Crippen molar-refractivity contribution in [1.29, 1.82) is 0 Å². The normalized spacial score (nSPS) is 27.7. The zero-order chi connectivity index (χ0) is 21.0. The molecule has 0 unspecified atom stereocenters. The second-order valence-electron chi connectivity index (χ2n) is 10.5. The third kappa shape index (κ3) is 7.45. The van der Waals surface area contributed by atoms with E-state index in [1.165, 1.54) is 134 Å². The monoisotopic (exact) mass is 417 g/mol. The average Bonchev–Trinajstić information content (AvgIpc) is 3.16. The molecule has 2 fully saturated rings. The van der Waals surface area contributed by atoms with Gasteiger partial charge in [0.25, 0.3) is 0 Å². The molecule has 0 aromatic rings. The molecule has 3 aliphatic heterocycles. The fraction of sp³-hybridized carbons (Fsp3) is 0.963. The van der Waals surface area contributed by atoms with Crippen molar-refractivity contribution in [2.75, 3.05) is 0 Å². The predicted octanol–water partition coefficient (Wildman–Crippen LogP) is 7.59. The number of nitrogens with zero attached hydrogens (tertiary/aromatic N) is 2. The molecule has 3 aliphatic rings. The minimum absolute atomic E-state index is 0.584. The Hall–Kier alpha value is -0.730. The lowest BCUT2D eigenvalue weighted by Crippen LogP contribution is -2.59. The molecule has 0 aromatic carbocycles. The second-order valence-corrected chi connectivity index (χ2v) is 10.5. The van der Waals surface area contributed by atoms with Gasteiger partial charge in [-0.3, -0.25) is 0 Å². The number of unbranched alkanes of at least 4 members (excludes halogenated alkanes) is 12. The van der Waals surface area contributed by atoms with E-state index in [0.29, 0.717) is 12.1 Å². The molecule has 3 rings (SSSR count). The molecule has 0 amide bonds. The number of hydrogen-bond acceptors (Lipinski definition) is 3. The van der Waals surface area contributed by atoms with Crippen LogP contribution in [0, 0.1) is 0 Å². The molecule has 4 atom stereocenters. The van der Waals surface area contributed by atoms with Crippen LogP contribution in [-0.4, -0.2) is 35.0 Å². The van der Waals surface area contributed by atoms with Crippen LogP contribution in [0.4, 0.5) is 0 Å². The molecule has 0 aromatic heterocycles. The van der Waals surface area contributed by atoms with Gasteiger partial charge in [-0.25, -0.2) is 4.99 Å². The van der Waals surface area contributed by atoms with Crippen LogP contribution >= 0.6 is 0 Å². The SMILES string of the molecule is CCCCCCCCC[C@@H]1C[C@@H]2CC[C@@H]3C[C@H](CCCCCCCCC)NC(=N1)N32. The van der Waals surface area contributed by atoms with Gasteiger partial charge in [0.1, 0.15) is 0 Å². The highest BCUT2D eigenvalue weighted by atomic mass is 15.4. The van der Waals surface area contributed by atoms with E-state index in [0.717, 1.165) is 12.1 Å². The molecule has 3 heterocycles. The Labute approximate surface area is 187 Å². The second kappa shape index (κ2) is 13.6. The van der Waals surface area contributed by atoms with Gasteiger partial charge in [-0.1, -0.05) is 104 Å². The largest absolute Gasteiger partial charge is 0.353 e. The summed E-state index contributed by atoms with van der Waals surface area (Å²) in [5.41, 5.74) is 0. The minimum Gasteiger partial charge on any atom is -0.353 e. The van der Waals surface area contributed by atoms with Crippen molar-refractivity contribution in [3.8, 4) is 0 Å². The lowest BCUT2D eigenvalue weighted by atomic mass is 9.96. The molecule has 3 nitrogen and oxygen atoms in total. The Morgan fingerprint density at radius 2 is 1.23 bits per heavy atom. The Kier molecular flexibility index (Phi) is 10.9. The third-order valence-corrected chi connectivity index (χ3v) is 7.90. The Morgan fingerprint density at radius 1 is 0.700 bits per heavy atom. The average molecular weight is 418 g/mol. The van der Waals surface area contributed by atoms with Crippen molar-refractivity contribution < 1.29 is 0 Å². The van der Waals surface area contributed by atoms with Gasteiger partial charge in [0.2, 0.25) is 0 Å². The van der Waals surface area contributed by atoms with Gasteiger partial charge in [-0.05, 0) is 38.5 Å². The summed E-state index contributed by atoms with van der Waals surface area (Å²) >= 11 is 0. The molecule has 174 valence electrons. The minimum atomic E-state index is 0.584. The summed E-state index contributed by atoms with van der Waals surface area (Å²) in [6, 6.07) is 2.82. The molecule has 2 saturated heterocycles. The molecule has 0 spiro atoms. The molecule has 0 radical (unpaired) electrons. The molecule has 1 N–H and O–H groups in total. The number of nitrogens with one attached hydrogen (secondary N) is 1. The highest BCUT2D eigenvalue weighted by molar-refractivity contribution is 5.83. The first-order chi connectivity index (χ1) is 14.8. The van der Waals surface area contributed by atoms with Crippen molar-refractivity contribution in [2.24, 2.45) is 4.99 Å². The van der Waals surface area contributed by atoms with Crippen LogP contribution in [-0.2, 0) is 0 Å². The van der Waals surface area contributed by atoms with Gasteiger partial charge in [-0.15, -0.1) is 0 Å². The van der Waals surface area contributed by atoms with Gasteiger partial charge in [0.15, 0.2) is 5.96 Å². The maximum Gasteiger partial charge on any atom is 0.194 e. The van der Waals surface area contributed by atoms with Crippen molar-refractivity contribution in [3.05, 3.63) is 0 Å². The fourth-order valence-corrected chi connectivity index (χ4v) is 6.12. The third-order valence-electron chi connectivity index (χ3n) is 7.90. The summed E-state index contributed by atoms with van der Waals surface area (Å²) in [5, 5.41) is 3.90. The van der Waals surface area contributed by atoms with E-state index in [1.807, 2.05) is 0 Å². The zero-order valence-electron chi connectivity index (χ0n) is 20.3. The lowest BCUT2D eigenvalue weighted by Gasteiger charge is -2.45.